The molecule has 24 heavy (non-hydrogen) atoms. The summed E-state index contributed by atoms with van der Waals surface area (Å²) < 4.78 is 20.9. The minimum atomic E-state index is -0.367. The summed E-state index contributed by atoms with van der Waals surface area (Å²) in [6.45, 7) is 0. The van der Waals surface area contributed by atoms with Crippen molar-refractivity contribution in [2.75, 3.05) is 33.8 Å². The number of carbonyl (C=O) groups excluding carboxylic acids is 1. The molecule has 0 radical (unpaired) electrons. The third-order valence-corrected chi connectivity index (χ3v) is 3.65. The summed E-state index contributed by atoms with van der Waals surface area (Å²) in [5.41, 5.74) is 0.838. The van der Waals surface area contributed by atoms with Crippen LogP contribution in [-0.2, 0) is 0 Å². The summed E-state index contributed by atoms with van der Waals surface area (Å²) in [6, 6.07) is 8.20. The molecule has 0 saturated carbocycles. The van der Waals surface area contributed by atoms with Crippen molar-refractivity contribution in [3.8, 4) is 23.0 Å². The zero-order valence-corrected chi connectivity index (χ0v) is 14.6. The molecule has 2 rings (SSSR count). The number of amides is 1. The predicted octanol–water partition coefficient (Wildman–Crippen LogP) is 3.63. The molecule has 0 spiro atoms. The molecule has 0 aliphatic heterocycles. The number of hydrogen-bond donors (Lipinski definition) is 1. The summed E-state index contributed by atoms with van der Waals surface area (Å²) >= 11 is 6.07. The van der Waals surface area contributed by atoms with Crippen LogP contribution in [0.25, 0.3) is 0 Å². The van der Waals surface area contributed by atoms with Gasteiger partial charge in [0.15, 0.2) is 11.5 Å². The number of hydrogen-bond acceptors (Lipinski definition) is 5. The smallest absolute Gasteiger partial charge is 0.259 e. The third kappa shape index (κ3) is 3.49. The third-order valence-electron chi connectivity index (χ3n) is 3.36. The summed E-state index contributed by atoms with van der Waals surface area (Å²) in [5, 5.41) is 3.16. The first-order chi connectivity index (χ1) is 11.5. The van der Waals surface area contributed by atoms with Crippen molar-refractivity contribution >= 4 is 23.2 Å². The second-order valence-corrected chi connectivity index (χ2v) is 5.09. The quantitative estimate of drug-likeness (QED) is 0.860. The van der Waals surface area contributed by atoms with Gasteiger partial charge in [-0.1, -0.05) is 11.6 Å². The molecule has 0 aliphatic rings. The average molecular weight is 352 g/mol. The number of methoxy groups -OCH3 is 4. The lowest BCUT2D eigenvalue weighted by Gasteiger charge is -2.15. The lowest BCUT2D eigenvalue weighted by atomic mass is 10.1. The maximum absolute atomic E-state index is 12.6. The van der Waals surface area contributed by atoms with E-state index in [1.807, 2.05) is 0 Å². The lowest BCUT2D eigenvalue weighted by molar-refractivity contribution is 0.102. The number of ether oxygens (including phenoxy) is 4. The summed E-state index contributed by atoms with van der Waals surface area (Å²) in [4.78, 5) is 12.6. The molecule has 2 aromatic carbocycles. The van der Waals surface area contributed by atoms with Crippen LogP contribution >= 0.6 is 11.6 Å². The van der Waals surface area contributed by atoms with Gasteiger partial charge in [-0.25, -0.2) is 0 Å². The minimum Gasteiger partial charge on any atom is -0.495 e. The molecule has 0 unspecified atom stereocenters. The molecule has 128 valence electrons. The second kappa shape index (κ2) is 7.79. The van der Waals surface area contributed by atoms with E-state index in [1.54, 1.807) is 30.3 Å². The Hall–Kier alpha value is -2.60. The normalized spacial score (nSPS) is 10.0. The number of halogens is 1. The highest BCUT2D eigenvalue weighted by atomic mass is 35.5. The van der Waals surface area contributed by atoms with E-state index in [0.717, 1.165) is 0 Å². The number of carbonyl (C=O) groups is 1. The van der Waals surface area contributed by atoms with Crippen molar-refractivity contribution in [3.63, 3.8) is 0 Å². The van der Waals surface area contributed by atoms with E-state index >= 15 is 0 Å². The maximum atomic E-state index is 12.6. The van der Waals surface area contributed by atoms with E-state index in [2.05, 4.69) is 5.32 Å². The maximum Gasteiger partial charge on any atom is 0.259 e. The SMILES string of the molecule is COc1ccc(NC(=O)c2ccc(OC)c(OC)c2OC)cc1Cl. The standard InChI is InChI=1S/C17H18ClNO5/c1-21-13-7-5-10(9-12(13)18)19-17(20)11-6-8-14(22-2)16(24-4)15(11)23-3/h5-9H,1-4H3,(H,19,20). The van der Waals surface area contributed by atoms with Crippen molar-refractivity contribution in [1.29, 1.82) is 0 Å². The zero-order valence-electron chi connectivity index (χ0n) is 13.8. The van der Waals surface area contributed by atoms with Gasteiger partial charge in [0.25, 0.3) is 5.91 Å². The van der Waals surface area contributed by atoms with Crippen LogP contribution in [0.15, 0.2) is 30.3 Å². The molecule has 1 N–H and O–H groups in total. The first kappa shape index (κ1) is 17.7. The fourth-order valence-corrected chi connectivity index (χ4v) is 2.48. The van der Waals surface area contributed by atoms with Gasteiger partial charge in [-0.2, -0.15) is 0 Å². The lowest BCUT2D eigenvalue weighted by Crippen LogP contribution is -2.14. The van der Waals surface area contributed by atoms with Gasteiger partial charge < -0.3 is 24.3 Å². The Kier molecular flexibility index (Phi) is 5.76. The Morgan fingerprint density at radius 1 is 0.875 bits per heavy atom. The van der Waals surface area contributed by atoms with Gasteiger partial charge >= 0.3 is 0 Å². The van der Waals surface area contributed by atoms with E-state index in [-0.39, 0.29) is 11.7 Å². The molecule has 0 saturated heterocycles. The van der Waals surface area contributed by atoms with Crippen LogP contribution in [0.1, 0.15) is 10.4 Å². The first-order valence-corrected chi connectivity index (χ1v) is 7.37. The molecular formula is C17H18ClNO5. The average Bonchev–Trinajstić information content (AvgIpc) is 2.60. The van der Waals surface area contributed by atoms with Crippen molar-refractivity contribution in [3.05, 3.63) is 40.9 Å². The van der Waals surface area contributed by atoms with Gasteiger partial charge in [-0.3, -0.25) is 4.79 Å². The van der Waals surface area contributed by atoms with Gasteiger partial charge in [-0.05, 0) is 30.3 Å². The topological polar surface area (TPSA) is 66.0 Å². The van der Waals surface area contributed by atoms with Crippen molar-refractivity contribution in [2.24, 2.45) is 0 Å². The highest BCUT2D eigenvalue weighted by Crippen LogP contribution is 2.40. The van der Waals surface area contributed by atoms with E-state index in [4.69, 9.17) is 30.5 Å². The van der Waals surface area contributed by atoms with Crippen molar-refractivity contribution in [1.82, 2.24) is 0 Å². The van der Waals surface area contributed by atoms with Crippen molar-refractivity contribution in [2.45, 2.75) is 0 Å². The van der Waals surface area contributed by atoms with E-state index in [1.165, 1.54) is 28.4 Å². The fourth-order valence-electron chi connectivity index (χ4n) is 2.22. The van der Waals surface area contributed by atoms with Crippen molar-refractivity contribution < 1.29 is 23.7 Å². The largest absolute Gasteiger partial charge is 0.495 e. The van der Waals surface area contributed by atoms with E-state index in [0.29, 0.717) is 33.5 Å². The molecule has 0 heterocycles. The molecule has 0 aromatic heterocycles. The Labute approximate surface area is 145 Å². The monoisotopic (exact) mass is 351 g/mol. The highest BCUT2D eigenvalue weighted by molar-refractivity contribution is 6.32. The van der Waals surface area contributed by atoms with Crippen LogP contribution in [0.3, 0.4) is 0 Å². The zero-order chi connectivity index (χ0) is 17.7. The molecule has 6 nitrogen and oxygen atoms in total. The summed E-state index contributed by atoms with van der Waals surface area (Å²) in [6.07, 6.45) is 0. The first-order valence-electron chi connectivity index (χ1n) is 6.99. The highest BCUT2D eigenvalue weighted by Gasteiger charge is 2.20. The van der Waals surface area contributed by atoms with Gasteiger partial charge in [0, 0.05) is 5.69 Å². The molecule has 0 fully saturated rings. The van der Waals surface area contributed by atoms with Crippen LogP contribution in [0.4, 0.5) is 5.69 Å². The molecule has 0 aliphatic carbocycles. The molecule has 7 heteroatoms. The number of benzene rings is 2. The van der Waals surface area contributed by atoms with E-state index in [9.17, 15) is 4.79 Å². The van der Waals surface area contributed by atoms with Crippen LogP contribution in [-0.4, -0.2) is 34.3 Å². The van der Waals surface area contributed by atoms with Crippen LogP contribution in [0.2, 0.25) is 5.02 Å². The number of rotatable bonds is 6. The second-order valence-electron chi connectivity index (χ2n) is 4.69. The Balaban J connectivity index is 2.34. The Morgan fingerprint density at radius 3 is 2.04 bits per heavy atom. The molecule has 0 bridgehead atoms. The number of nitrogens with one attached hydrogen (secondary N) is 1. The Bertz CT molecular complexity index is 748. The van der Waals surface area contributed by atoms with Crippen LogP contribution in [0.5, 0.6) is 23.0 Å². The molecular weight excluding hydrogens is 334 g/mol. The van der Waals surface area contributed by atoms with Gasteiger partial charge in [0.2, 0.25) is 5.75 Å². The van der Waals surface area contributed by atoms with Crippen LogP contribution in [0, 0.1) is 0 Å². The van der Waals surface area contributed by atoms with Gasteiger partial charge in [0.05, 0.1) is 39.0 Å². The summed E-state index contributed by atoms with van der Waals surface area (Å²) in [5.74, 6) is 1.26. The molecule has 1 amide bonds. The predicted molar refractivity (Wildman–Crippen MR) is 92.1 cm³/mol. The Morgan fingerprint density at radius 2 is 1.50 bits per heavy atom. The summed E-state index contributed by atoms with van der Waals surface area (Å²) in [7, 11) is 5.97. The van der Waals surface area contributed by atoms with Gasteiger partial charge in [-0.15, -0.1) is 0 Å². The molecule has 0 atom stereocenters. The number of anilines is 1. The minimum absolute atomic E-state index is 0.286. The molecule has 2 aromatic rings. The van der Waals surface area contributed by atoms with Crippen LogP contribution < -0.4 is 24.3 Å². The fraction of sp³-hybridized carbons (Fsp3) is 0.235. The van der Waals surface area contributed by atoms with Gasteiger partial charge in [0.1, 0.15) is 5.75 Å². The van der Waals surface area contributed by atoms with E-state index < -0.39 is 0 Å².